The van der Waals surface area contributed by atoms with Gasteiger partial charge in [0.25, 0.3) is 5.69 Å². The summed E-state index contributed by atoms with van der Waals surface area (Å²) in [6.07, 6.45) is 5.20. The zero-order chi connectivity index (χ0) is 14.8. The maximum atomic E-state index is 11.1. The minimum atomic E-state index is -1.09. The normalized spacial score (nSPS) is 17.4. The van der Waals surface area contributed by atoms with E-state index in [0.29, 0.717) is 5.69 Å². The molecule has 0 bridgehead atoms. The molecule has 0 spiro atoms. The molecule has 1 aliphatic carbocycles. The number of carboxylic acids is 1. The number of anilines is 1. The molecular weight excluding hydrogens is 260 g/mol. The second-order valence-corrected chi connectivity index (χ2v) is 5.54. The molecule has 108 valence electrons. The van der Waals surface area contributed by atoms with Crippen LogP contribution in [0.15, 0.2) is 18.2 Å². The predicted octanol–water partition coefficient (Wildman–Crippen LogP) is 3.43. The van der Waals surface area contributed by atoms with Crippen LogP contribution in [0.3, 0.4) is 0 Å². The summed E-state index contributed by atoms with van der Waals surface area (Å²) in [5, 5.41) is 23.3. The summed E-state index contributed by atoms with van der Waals surface area (Å²) in [4.78, 5) is 21.6. The van der Waals surface area contributed by atoms with Crippen LogP contribution in [0.4, 0.5) is 11.4 Å². The molecule has 1 aromatic carbocycles. The molecule has 1 saturated carbocycles. The molecule has 0 radical (unpaired) electrons. The first kappa shape index (κ1) is 14.3. The maximum absolute atomic E-state index is 11.1. The van der Waals surface area contributed by atoms with Gasteiger partial charge >= 0.3 is 5.97 Å². The number of aromatic carboxylic acids is 1. The molecule has 20 heavy (non-hydrogen) atoms. The van der Waals surface area contributed by atoms with Crippen LogP contribution in [-0.4, -0.2) is 21.5 Å². The van der Waals surface area contributed by atoms with Crippen LogP contribution in [0.1, 0.15) is 49.4 Å². The Morgan fingerprint density at radius 2 is 2.00 bits per heavy atom. The third-order valence-corrected chi connectivity index (χ3v) is 3.83. The number of nitrogens with zero attached hydrogens (tertiary/aromatic N) is 1. The van der Waals surface area contributed by atoms with Gasteiger partial charge in [-0.15, -0.1) is 0 Å². The van der Waals surface area contributed by atoms with E-state index in [1.807, 2.05) is 6.92 Å². The third kappa shape index (κ3) is 3.07. The summed E-state index contributed by atoms with van der Waals surface area (Å²) >= 11 is 0. The van der Waals surface area contributed by atoms with Gasteiger partial charge in [0.1, 0.15) is 5.69 Å². The van der Waals surface area contributed by atoms with Crippen LogP contribution in [0.25, 0.3) is 0 Å². The molecular formula is C14H18N2O4. The molecule has 0 aromatic heterocycles. The van der Waals surface area contributed by atoms with E-state index in [1.165, 1.54) is 24.6 Å². The van der Waals surface area contributed by atoms with Gasteiger partial charge < -0.3 is 10.4 Å². The zero-order valence-corrected chi connectivity index (χ0v) is 11.4. The van der Waals surface area contributed by atoms with E-state index in [-0.39, 0.29) is 16.8 Å². The van der Waals surface area contributed by atoms with Gasteiger partial charge in [0.05, 0.1) is 10.5 Å². The smallest absolute Gasteiger partial charge is 0.335 e. The number of hydrogen-bond acceptors (Lipinski definition) is 4. The Hall–Kier alpha value is -2.11. The Bertz CT molecular complexity index is 536. The lowest BCUT2D eigenvalue weighted by atomic mass is 9.83. The van der Waals surface area contributed by atoms with E-state index >= 15 is 0 Å². The number of benzene rings is 1. The molecule has 0 aliphatic heterocycles. The molecule has 6 heteroatoms. The van der Waals surface area contributed by atoms with Gasteiger partial charge in [0.15, 0.2) is 0 Å². The number of nitrogens with one attached hydrogen (secondary N) is 1. The average Bonchev–Trinajstić information content (AvgIpc) is 2.38. The predicted molar refractivity (Wildman–Crippen MR) is 75.2 cm³/mol. The van der Waals surface area contributed by atoms with Gasteiger partial charge in [0.2, 0.25) is 0 Å². The largest absolute Gasteiger partial charge is 0.478 e. The summed E-state index contributed by atoms with van der Waals surface area (Å²) < 4.78 is 0. The molecule has 1 fully saturated rings. The molecule has 6 nitrogen and oxygen atoms in total. The van der Waals surface area contributed by atoms with E-state index in [9.17, 15) is 14.9 Å². The lowest BCUT2D eigenvalue weighted by Crippen LogP contribution is -2.37. The number of hydrogen-bond donors (Lipinski definition) is 2. The first-order chi connectivity index (χ1) is 9.41. The summed E-state index contributed by atoms with van der Waals surface area (Å²) in [5.74, 6) is -1.09. The monoisotopic (exact) mass is 278 g/mol. The van der Waals surface area contributed by atoms with Crippen molar-refractivity contribution in [3.63, 3.8) is 0 Å². The number of carboxylic acid groups (broad SMARTS) is 1. The minimum Gasteiger partial charge on any atom is -0.478 e. The van der Waals surface area contributed by atoms with Crippen molar-refractivity contribution in [3.8, 4) is 0 Å². The Kier molecular flexibility index (Phi) is 3.92. The number of rotatable bonds is 4. The molecule has 1 aromatic rings. The second kappa shape index (κ2) is 5.48. The van der Waals surface area contributed by atoms with Crippen LogP contribution < -0.4 is 5.32 Å². The Morgan fingerprint density at radius 3 is 2.55 bits per heavy atom. The zero-order valence-electron chi connectivity index (χ0n) is 11.4. The topological polar surface area (TPSA) is 92.5 Å². The van der Waals surface area contributed by atoms with E-state index in [1.54, 1.807) is 0 Å². The molecule has 0 unspecified atom stereocenters. The second-order valence-electron chi connectivity index (χ2n) is 5.54. The molecule has 0 atom stereocenters. The van der Waals surface area contributed by atoms with Gasteiger partial charge in [-0.3, -0.25) is 10.1 Å². The van der Waals surface area contributed by atoms with E-state index < -0.39 is 10.9 Å². The van der Waals surface area contributed by atoms with E-state index in [4.69, 9.17) is 5.11 Å². The minimum absolute atomic E-state index is 0.0532. The molecule has 2 N–H and O–H groups in total. The highest BCUT2D eigenvalue weighted by Crippen LogP contribution is 2.35. The van der Waals surface area contributed by atoms with Crippen LogP contribution in [0, 0.1) is 10.1 Å². The number of nitro groups is 1. The van der Waals surface area contributed by atoms with Crippen LogP contribution >= 0.6 is 0 Å². The first-order valence-corrected chi connectivity index (χ1v) is 6.71. The summed E-state index contributed by atoms with van der Waals surface area (Å²) in [6.45, 7) is 2.03. The SMILES string of the molecule is CC1(Nc2cc(C(=O)O)ccc2[N+](=O)[O-])CCCCC1. The fourth-order valence-corrected chi connectivity index (χ4v) is 2.71. The van der Waals surface area contributed by atoms with Gasteiger partial charge in [-0.1, -0.05) is 19.3 Å². The molecule has 0 saturated heterocycles. The van der Waals surface area contributed by atoms with Gasteiger partial charge in [-0.25, -0.2) is 4.79 Å². The van der Waals surface area contributed by atoms with Crippen LogP contribution in [0.2, 0.25) is 0 Å². The summed E-state index contributed by atoms with van der Waals surface area (Å²) in [7, 11) is 0. The molecule has 1 aliphatic rings. The molecule has 0 heterocycles. The van der Waals surface area contributed by atoms with Crippen molar-refractivity contribution in [2.24, 2.45) is 0 Å². The summed E-state index contributed by atoms with van der Waals surface area (Å²) in [6, 6.07) is 3.85. The number of carbonyl (C=O) groups is 1. The van der Waals surface area contributed by atoms with Crippen molar-refractivity contribution >= 4 is 17.3 Å². The third-order valence-electron chi connectivity index (χ3n) is 3.83. The Labute approximate surface area is 117 Å². The van der Waals surface area contributed by atoms with Crippen molar-refractivity contribution in [1.29, 1.82) is 0 Å². The molecule has 2 rings (SSSR count). The lowest BCUT2D eigenvalue weighted by molar-refractivity contribution is -0.384. The van der Waals surface area contributed by atoms with Gasteiger partial charge in [-0.05, 0) is 31.9 Å². The van der Waals surface area contributed by atoms with Crippen molar-refractivity contribution < 1.29 is 14.8 Å². The first-order valence-electron chi connectivity index (χ1n) is 6.71. The average molecular weight is 278 g/mol. The Morgan fingerprint density at radius 1 is 1.35 bits per heavy atom. The van der Waals surface area contributed by atoms with Crippen LogP contribution in [-0.2, 0) is 0 Å². The highest BCUT2D eigenvalue weighted by molar-refractivity contribution is 5.90. The summed E-state index contributed by atoms with van der Waals surface area (Å²) in [5.41, 5.74) is 0.0544. The highest BCUT2D eigenvalue weighted by atomic mass is 16.6. The van der Waals surface area contributed by atoms with Crippen molar-refractivity contribution in [3.05, 3.63) is 33.9 Å². The van der Waals surface area contributed by atoms with Gasteiger partial charge in [0, 0.05) is 11.6 Å². The van der Waals surface area contributed by atoms with Crippen molar-refractivity contribution in [2.75, 3.05) is 5.32 Å². The quantitative estimate of drug-likeness (QED) is 0.650. The van der Waals surface area contributed by atoms with Gasteiger partial charge in [-0.2, -0.15) is 0 Å². The van der Waals surface area contributed by atoms with Crippen LogP contribution in [0.5, 0.6) is 0 Å². The fraction of sp³-hybridized carbons (Fsp3) is 0.500. The maximum Gasteiger partial charge on any atom is 0.335 e. The van der Waals surface area contributed by atoms with Crippen molar-refractivity contribution in [2.45, 2.75) is 44.6 Å². The van der Waals surface area contributed by atoms with E-state index in [2.05, 4.69) is 5.32 Å². The lowest BCUT2D eigenvalue weighted by Gasteiger charge is -2.35. The fourth-order valence-electron chi connectivity index (χ4n) is 2.71. The molecule has 0 amide bonds. The standard InChI is InChI=1S/C14H18N2O4/c1-14(7-3-2-4-8-14)15-11-9-10(13(17)18)5-6-12(11)16(19)20/h5-6,9,15H,2-4,7-8H2,1H3,(H,17,18). The number of nitro benzene ring substituents is 1. The van der Waals surface area contributed by atoms with Crippen molar-refractivity contribution in [1.82, 2.24) is 0 Å². The Balaban J connectivity index is 2.34. The van der Waals surface area contributed by atoms with E-state index in [0.717, 1.165) is 25.7 Å². The highest BCUT2D eigenvalue weighted by Gasteiger charge is 2.29.